The van der Waals surface area contributed by atoms with Crippen LogP contribution >= 0.6 is 0 Å². The summed E-state index contributed by atoms with van der Waals surface area (Å²) >= 11 is 0. The number of Topliss-reactive ketones (excluding diaryl/α,β-unsaturated/α-hetero) is 1. The van der Waals surface area contributed by atoms with Crippen LogP contribution in [0.1, 0.15) is 10.4 Å². The molecule has 0 saturated heterocycles. The van der Waals surface area contributed by atoms with Crippen molar-refractivity contribution in [1.82, 2.24) is 0 Å². The summed E-state index contributed by atoms with van der Waals surface area (Å²) in [5.74, 6) is -2.33. The molecule has 5 heteroatoms. The molecule has 78 valence electrons. The van der Waals surface area contributed by atoms with E-state index < -0.39 is 17.4 Å². The van der Waals surface area contributed by atoms with E-state index >= 15 is 0 Å². The summed E-state index contributed by atoms with van der Waals surface area (Å²) in [5.41, 5.74) is 4.73. The zero-order valence-corrected chi connectivity index (χ0v) is 7.59. The van der Waals surface area contributed by atoms with Crippen molar-refractivity contribution in [2.45, 2.75) is 0 Å². The molecule has 3 nitrogen and oxygen atoms in total. The molecular weight excluding hydrogens is 204 g/mol. The van der Waals surface area contributed by atoms with Crippen LogP contribution in [0.4, 0.5) is 8.78 Å². The van der Waals surface area contributed by atoms with Gasteiger partial charge >= 0.3 is 0 Å². The van der Waals surface area contributed by atoms with E-state index in [1.54, 1.807) is 0 Å². The van der Waals surface area contributed by atoms with Gasteiger partial charge in [-0.3, -0.25) is 4.79 Å². The van der Waals surface area contributed by atoms with Crippen molar-refractivity contribution in [2.24, 2.45) is 5.73 Å². The van der Waals surface area contributed by atoms with Gasteiger partial charge in [0.25, 0.3) is 0 Å². The molecule has 1 heterocycles. The van der Waals surface area contributed by atoms with Crippen molar-refractivity contribution in [3.8, 4) is 0 Å². The highest BCUT2D eigenvalue weighted by molar-refractivity contribution is 6.07. The first-order chi connectivity index (χ1) is 7.15. The molecule has 15 heavy (non-hydrogen) atoms. The Morgan fingerprint density at radius 2 is 2.13 bits per heavy atom. The summed E-state index contributed by atoms with van der Waals surface area (Å²) in [4.78, 5) is 11.3. The van der Waals surface area contributed by atoms with Gasteiger partial charge in [0.2, 0.25) is 0 Å². The summed E-state index contributed by atoms with van der Waals surface area (Å²) in [6, 6.07) is 1.98. The summed E-state index contributed by atoms with van der Waals surface area (Å²) < 4.78 is 31.4. The molecule has 0 aliphatic rings. The van der Waals surface area contributed by atoms with Gasteiger partial charge in [0.15, 0.2) is 11.4 Å². The maximum absolute atomic E-state index is 13.3. The molecule has 0 amide bonds. The van der Waals surface area contributed by atoms with Gasteiger partial charge in [-0.05, 0) is 6.07 Å². The molecular formula is C10H7F2NO2. The molecule has 0 fully saturated rings. The van der Waals surface area contributed by atoms with E-state index in [-0.39, 0.29) is 23.1 Å². The van der Waals surface area contributed by atoms with Gasteiger partial charge in [-0.1, -0.05) is 0 Å². The van der Waals surface area contributed by atoms with Gasteiger partial charge in [0, 0.05) is 6.07 Å². The number of hydrogen-bond donors (Lipinski definition) is 1. The molecule has 2 N–H and O–H groups in total. The van der Waals surface area contributed by atoms with Crippen LogP contribution in [-0.2, 0) is 0 Å². The lowest BCUT2D eigenvalue weighted by molar-refractivity contribution is 0.0998. The van der Waals surface area contributed by atoms with Gasteiger partial charge < -0.3 is 10.2 Å². The molecule has 0 radical (unpaired) electrons. The Hall–Kier alpha value is -1.75. The number of furan rings is 1. The third-order valence-corrected chi connectivity index (χ3v) is 2.11. The fourth-order valence-corrected chi connectivity index (χ4v) is 1.42. The molecule has 0 atom stereocenters. The Morgan fingerprint density at radius 3 is 2.80 bits per heavy atom. The topological polar surface area (TPSA) is 56.2 Å². The molecule has 2 aromatic rings. The van der Waals surface area contributed by atoms with E-state index in [1.165, 1.54) is 12.3 Å². The lowest BCUT2D eigenvalue weighted by Gasteiger charge is -2.02. The Balaban J connectivity index is 2.82. The van der Waals surface area contributed by atoms with Crippen molar-refractivity contribution >= 4 is 16.8 Å². The maximum atomic E-state index is 13.3. The van der Waals surface area contributed by atoms with Gasteiger partial charge in [0.1, 0.15) is 11.6 Å². The number of ketones is 1. The second-order valence-corrected chi connectivity index (χ2v) is 3.01. The number of carbonyl (C=O) groups excluding carboxylic acids is 1. The van der Waals surface area contributed by atoms with E-state index in [0.717, 1.165) is 0 Å². The molecule has 0 unspecified atom stereocenters. The molecule has 2 rings (SSSR count). The zero-order valence-electron chi connectivity index (χ0n) is 7.59. The summed E-state index contributed by atoms with van der Waals surface area (Å²) in [5, 5.41) is 0.0770. The second kappa shape index (κ2) is 3.43. The highest BCUT2D eigenvalue weighted by atomic mass is 19.1. The first kappa shape index (κ1) is 9.79. The summed E-state index contributed by atoms with van der Waals surface area (Å²) in [6.07, 6.45) is 1.19. The molecule has 0 aliphatic carbocycles. The van der Waals surface area contributed by atoms with Crippen molar-refractivity contribution in [3.63, 3.8) is 0 Å². The SMILES string of the molecule is NCC(=O)c1c(F)cc(F)c2ccoc12. The van der Waals surface area contributed by atoms with Crippen molar-refractivity contribution in [3.05, 3.63) is 35.6 Å². The minimum absolute atomic E-state index is 0.0770. The first-order valence-electron chi connectivity index (χ1n) is 4.23. The number of fused-ring (bicyclic) bond motifs is 1. The van der Waals surface area contributed by atoms with Gasteiger partial charge in [-0.2, -0.15) is 0 Å². The lowest BCUT2D eigenvalue weighted by Crippen LogP contribution is -2.15. The van der Waals surface area contributed by atoms with Gasteiger partial charge in [-0.15, -0.1) is 0 Å². The van der Waals surface area contributed by atoms with Crippen LogP contribution in [0, 0.1) is 11.6 Å². The zero-order chi connectivity index (χ0) is 11.0. The minimum atomic E-state index is -0.953. The fraction of sp³-hybridized carbons (Fsp3) is 0.100. The quantitative estimate of drug-likeness (QED) is 0.771. The van der Waals surface area contributed by atoms with E-state index in [4.69, 9.17) is 10.2 Å². The van der Waals surface area contributed by atoms with Crippen LogP contribution in [0.2, 0.25) is 0 Å². The van der Waals surface area contributed by atoms with Crippen LogP contribution in [-0.4, -0.2) is 12.3 Å². The number of carbonyl (C=O) groups is 1. The standard InChI is InChI=1S/C10H7F2NO2/c11-6-3-7(12)9(8(14)4-13)10-5(6)1-2-15-10/h1-3H,4,13H2. The van der Waals surface area contributed by atoms with Crippen LogP contribution in [0.25, 0.3) is 11.0 Å². The number of benzene rings is 1. The molecule has 0 saturated carbocycles. The third kappa shape index (κ3) is 1.41. The van der Waals surface area contributed by atoms with Crippen LogP contribution in [0.3, 0.4) is 0 Å². The number of nitrogens with two attached hydrogens (primary N) is 1. The lowest BCUT2D eigenvalue weighted by atomic mass is 10.1. The van der Waals surface area contributed by atoms with Crippen LogP contribution in [0.5, 0.6) is 0 Å². The average molecular weight is 211 g/mol. The Kier molecular flexibility index (Phi) is 2.24. The third-order valence-electron chi connectivity index (χ3n) is 2.11. The fourth-order valence-electron chi connectivity index (χ4n) is 1.42. The minimum Gasteiger partial charge on any atom is -0.463 e. The molecule has 0 bridgehead atoms. The average Bonchev–Trinajstić information content (AvgIpc) is 2.66. The predicted molar refractivity (Wildman–Crippen MR) is 49.5 cm³/mol. The Labute approximate surface area is 83.5 Å². The van der Waals surface area contributed by atoms with E-state index in [1.807, 2.05) is 0 Å². The molecule has 0 spiro atoms. The van der Waals surface area contributed by atoms with Crippen molar-refractivity contribution in [2.75, 3.05) is 6.54 Å². The molecule has 1 aromatic heterocycles. The van der Waals surface area contributed by atoms with Gasteiger partial charge in [-0.25, -0.2) is 8.78 Å². The number of rotatable bonds is 2. The van der Waals surface area contributed by atoms with E-state index in [0.29, 0.717) is 6.07 Å². The Bertz CT molecular complexity index is 533. The molecule has 0 aliphatic heterocycles. The predicted octanol–water partition coefficient (Wildman–Crippen LogP) is 1.85. The Morgan fingerprint density at radius 1 is 1.40 bits per heavy atom. The van der Waals surface area contributed by atoms with Crippen molar-refractivity contribution in [1.29, 1.82) is 0 Å². The summed E-state index contributed by atoms with van der Waals surface area (Å²) in [6.45, 7) is -0.349. The number of halogens is 2. The van der Waals surface area contributed by atoms with E-state index in [2.05, 4.69) is 0 Å². The first-order valence-corrected chi connectivity index (χ1v) is 4.23. The highest BCUT2D eigenvalue weighted by Crippen LogP contribution is 2.25. The largest absolute Gasteiger partial charge is 0.463 e. The van der Waals surface area contributed by atoms with Crippen LogP contribution in [0.15, 0.2) is 22.8 Å². The normalized spacial score (nSPS) is 10.9. The second-order valence-electron chi connectivity index (χ2n) is 3.01. The monoisotopic (exact) mass is 211 g/mol. The van der Waals surface area contributed by atoms with Crippen molar-refractivity contribution < 1.29 is 18.0 Å². The smallest absolute Gasteiger partial charge is 0.183 e. The highest BCUT2D eigenvalue weighted by Gasteiger charge is 2.19. The van der Waals surface area contributed by atoms with Gasteiger partial charge in [0.05, 0.1) is 23.8 Å². The van der Waals surface area contributed by atoms with E-state index in [9.17, 15) is 13.6 Å². The molecule has 1 aromatic carbocycles. The summed E-state index contributed by atoms with van der Waals surface area (Å²) in [7, 11) is 0. The number of hydrogen-bond acceptors (Lipinski definition) is 3. The van der Waals surface area contributed by atoms with Crippen LogP contribution < -0.4 is 5.73 Å². The maximum Gasteiger partial charge on any atom is 0.183 e.